The molecule has 0 radical (unpaired) electrons. The Morgan fingerprint density at radius 1 is 1.10 bits per heavy atom. The number of phenols is 2. The summed E-state index contributed by atoms with van der Waals surface area (Å²) in [4.78, 5) is 11.7. The van der Waals surface area contributed by atoms with Gasteiger partial charge in [-0.3, -0.25) is 0 Å². The van der Waals surface area contributed by atoms with Gasteiger partial charge in [-0.25, -0.2) is 4.79 Å². The second-order valence-electron chi connectivity index (χ2n) is 4.48. The molecule has 0 aliphatic heterocycles. The maximum atomic E-state index is 11.7. The van der Waals surface area contributed by atoms with Gasteiger partial charge in [0.25, 0.3) is 0 Å². The predicted octanol–water partition coefficient (Wildman–Crippen LogP) is 2.67. The van der Waals surface area contributed by atoms with Crippen LogP contribution in [0.25, 0.3) is 0 Å². The summed E-state index contributed by atoms with van der Waals surface area (Å²) in [6.07, 6.45) is 1.23. The van der Waals surface area contributed by atoms with E-state index < -0.39 is 5.97 Å². The number of aromatic hydroxyl groups is 2. The van der Waals surface area contributed by atoms with Gasteiger partial charge in [0, 0.05) is 6.07 Å². The van der Waals surface area contributed by atoms with Crippen molar-refractivity contribution in [1.29, 1.82) is 0 Å². The molecule has 0 aliphatic carbocycles. The van der Waals surface area contributed by atoms with Crippen LogP contribution in [0.4, 0.5) is 0 Å². The van der Waals surface area contributed by atoms with Gasteiger partial charge in [-0.05, 0) is 30.0 Å². The summed E-state index contributed by atoms with van der Waals surface area (Å²) in [7, 11) is 1.26. The molecule has 0 fully saturated rings. The van der Waals surface area contributed by atoms with Gasteiger partial charge in [-0.2, -0.15) is 0 Å². The molecule has 104 valence electrons. The fourth-order valence-corrected chi connectivity index (χ4v) is 2.13. The molecule has 4 nitrogen and oxygen atoms in total. The molecule has 0 saturated carbocycles. The lowest BCUT2D eigenvalue weighted by molar-refractivity contribution is 0.0596. The number of hydrogen-bond acceptors (Lipinski definition) is 4. The molecule has 0 bridgehead atoms. The largest absolute Gasteiger partial charge is 0.508 e. The average molecular weight is 272 g/mol. The Hall–Kier alpha value is -2.49. The second kappa shape index (κ2) is 6.10. The van der Waals surface area contributed by atoms with Gasteiger partial charge in [0.1, 0.15) is 17.1 Å². The number of benzene rings is 2. The topological polar surface area (TPSA) is 66.8 Å². The first-order chi connectivity index (χ1) is 9.61. The predicted molar refractivity (Wildman–Crippen MR) is 75.0 cm³/mol. The van der Waals surface area contributed by atoms with Crippen molar-refractivity contribution in [3.8, 4) is 11.5 Å². The molecular weight excluding hydrogens is 256 g/mol. The minimum atomic E-state index is -0.606. The Balaban J connectivity index is 2.28. The highest BCUT2D eigenvalue weighted by atomic mass is 16.5. The first-order valence-corrected chi connectivity index (χ1v) is 6.29. The maximum absolute atomic E-state index is 11.7. The monoisotopic (exact) mass is 272 g/mol. The molecule has 20 heavy (non-hydrogen) atoms. The average Bonchev–Trinajstić information content (AvgIpc) is 2.45. The third kappa shape index (κ3) is 3.09. The molecule has 2 aromatic rings. The molecule has 0 amide bonds. The van der Waals surface area contributed by atoms with Gasteiger partial charge < -0.3 is 14.9 Å². The third-order valence-corrected chi connectivity index (χ3v) is 3.10. The van der Waals surface area contributed by atoms with Crippen molar-refractivity contribution in [1.82, 2.24) is 0 Å². The van der Waals surface area contributed by atoms with Crippen LogP contribution in [0.3, 0.4) is 0 Å². The van der Waals surface area contributed by atoms with Crippen molar-refractivity contribution in [3.63, 3.8) is 0 Å². The normalized spacial score (nSPS) is 10.2. The van der Waals surface area contributed by atoms with Crippen LogP contribution in [-0.2, 0) is 17.6 Å². The van der Waals surface area contributed by atoms with Gasteiger partial charge in [-0.1, -0.05) is 30.3 Å². The van der Waals surface area contributed by atoms with Gasteiger partial charge >= 0.3 is 5.97 Å². The number of aryl methyl sites for hydroxylation is 2. The summed E-state index contributed by atoms with van der Waals surface area (Å²) in [5.41, 5.74) is 1.80. The zero-order valence-corrected chi connectivity index (χ0v) is 11.2. The first-order valence-electron chi connectivity index (χ1n) is 6.29. The highest BCUT2D eigenvalue weighted by Gasteiger charge is 2.18. The number of hydrogen-bond donors (Lipinski definition) is 2. The molecule has 0 aromatic heterocycles. The number of rotatable bonds is 4. The van der Waals surface area contributed by atoms with E-state index in [0.29, 0.717) is 18.4 Å². The van der Waals surface area contributed by atoms with Crippen molar-refractivity contribution in [2.75, 3.05) is 7.11 Å². The summed E-state index contributed by atoms with van der Waals surface area (Å²) in [5, 5.41) is 19.4. The molecule has 0 unspecified atom stereocenters. The van der Waals surface area contributed by atoms with E-state index in [-0.39, 0.29) is 17.1 Å². The van der Waals surface area contributed by atoms with Crippen LogP contribution in [0.1, 0.15) is 21.5 Å². The molecule has 0 atom stereocenters. The van der Waals surface area contributed by atoms with E-state index >= 15 is 0 Å². The van der Waals surface area contributed by atoms with E-state index in [0.717, 1.165) is 11.6 Å². The number of carbonyl (C=O) groups excluding carboxylic acids is 1. The fourth-order valence-electron chi connectivity index (χ4n) is 2.13. The van der Waals surface area contributed by atoms with Gasteiger partial charge in [0.05, 0.1) is 7.11 Å². The van der Waals surface area contributed by atoms with Crippen molar-refractivity contribution < 1.29 is 19.7 Å². The summed E-state index contributed by atoms with van der Waals surface area (Å²) < 4.78 is 4.67. The SMILES string of the molecule is COC(=O)c1c(O)cc(O)cc1CCc1ccccc1. The Morgan fingerprint density at radius 2 is 1.80 bits per heavy atom. The van der Waals surface area contributed by atoms with Crippen molar-refractivity contribution in [2.24, 2.45) is 0 Å². The highest BCUT2D eigenvalue weighted by molar-refractivity contribution is 5.94. The molecule has 0 spiro atoms. The Labute approximate surface area is 117 Å². The lowest BCUT2D eigenvalue weighted by atomic mass is 9.98. The zero-order chi connectivity index (χ0) is 14.5. The van der Waals surface area contributed by atoms with Crippen LogP contribution in [0.5, 0.6) is 11.5 Å². The minimum Gasteiger partial charge on any atom is -0.508 e. The van der Waals surface area contributed by atoms with Crippen LogP contribution in [-0.4, -0.2) is 23.3 Å². The standard InChI is InChI=1S/C16H16O4/c1-20-16(19)15-12(9-13(17)10-14(15)18)8-7-11-5-3-2-4-6-11/h2-6,9-10,17-18H,7-8H2,1H3. The number of methoxy groups -OCH3 is 1. The van der Waals surface area contributed by atoms with Crippen molar-refractivity contribution in [3.05, 3.63) is 59.2 Å². The highest BCUT2D eigenvalue weighted by Crippen LogP contribution is 2.28. The van der Waals surface area contributed by atoms with Gasteiger partial charge in [0.2, 0.25) is 0 Å². The summed E-state index contributed by atoms with van der Waals surface area (Å²) >= 11 is 0. The lowest BCUT2D eigenvalue weighted by Gasteiger charge is -2.10. The van der Waals surface area contributed by atoms with E-state index in [1.807, 2.05) is 30.3 Å². The van der Waals surface area contributed by atoms with Gasteiger partial charge in [0.15, 0.2) is 0 Å². The summed E-state index contributed by atoms with van der Waals surface area (Å²) in [6.45, 7) is 0. The van der Waals surface area contributed by atoms with E-state index in [2.05, 4.69) is 4.74 Å². The second-order valence-corrected chi connectivity index (χ2v) is 4.48. The lowest BCUT2D eigenvalue weighted by Crippen LogP contribution is -2.07. The molecule has 0 aliphatic rings. The molecule has 0 heterocycles. The van der Waals surface area contributed by atoms with Gasteiger partial charge in [-0.15, -0.1) is 0 Å². The van der Waals surface area contributed by atoms with Crippen molar-refractivity contribution in [2.45, 2.75) is 12.8 Å². The van der Waals surface area contributed by atoms with Crippen LogP contribution in [0.2, 0.25) is 0 Å². The van der Waals surface area contributed by atoms with E-state index in [9.17, 15) is 15.0 Å². The molecule has 2 aromatic carbocycles. The molecule has 0 saturated heterocycles. The Morgan fingerprint density at radius 3 is 2.45 bits per heavy atom. The fraction of sp³-hybridized carbons (Fsp3) is 0.188. The minimum absolute atomic E-state index is 0.0711. The zero-order valence-electron chi connectivity index (χ0n) is 11.2. The van der Waals surface area contributed by atoms with Crippen LogP contribution >= 0.6 is 0 Å². The maximum Gasteiger partial charge on any atom is 0.341 e. The number of ether oxygens (including phenoxy) is 1. The first kappa shape index (κ1) is 13.9. The van der Waals surface area contributed by atoms with Crippen LogP contribution in [0, 0.1) is 0 Å². The Bertz CT molecular complexity index is 605. The van der Waals surface area contributed by atoms with Crippen LogP contribution < -0.4 is 0 Å². The molecule has 2 N–H and O–H groups in total. The third-order valence-electron chi connectivity index (χ3n) is 3.10. The van der Waals surface area contributed by atoms with E-state index in [1.165, 1.54) is 13.2 Å². The quantitative estimate of drug-likeness (QED) is 0.840. The number of phenolic OH excluding ortho intramolecular Hbond substituents is 2. The number of carbonyl (C=O) groups is 1. The Kier molecular flexibility index (Phi) is 4.25. The molecular formula is C16H16O4. The van der Waals surface area contributed by atoms with Crippen molar-refractivity contribution >= 4 is 5.97 Å². The summed E-state index contributed by atoms with van der Waals surface area (Å²) in [5.74, 6) is -0.941. The number of esters is 1. The molecule has 2 rings (SSSR count). The van der Waals surface area contributed by atoms with E-state index in [4.69, 9.17) is 0 Å². The summed E-state index contributed by atoms with van der Waals surface area (Å²) in [6, 6.07) is 12.4. The smallest absolute Gasteiger partial charge is 0.341 e. The molecule has 4 heteroatoms. The van der Waals surface area contributed by atoms with E-state index in [1.54, 1.807) is 0 Å². The van der Waals surface area contributed by atoms with Crippen LogP contribution in [0.15, 0.2) is 42.5 Å².